The third-order valence-corrected chi connectivity index (χ3v) is 5.70. The van der Waals surface area contributed by atoms with Crippen molar-refractivity contribution in [2.24, 2.45) is 0 Å². The summed E-state index contributed by atoms with van der Waals surface area (Å²) in [5.41, 5.74) is 4.66. The third kappa shape index (κ3) is 3.36. The fourth-order valence-corrected chi connectivity index (χ4v) is 4.17. The van der Waals surface area contributed by atoms with Crippen LogP contribution in [0.15, 0.2) is 36.4 Å². The predicted molar refractivity (Wildman–Crippen MR) is 101 cm³/mol. The van der Waals surface area contributed by atoms with Crippen molar-refractivity contribution in [3.63, 3.8) is 0 Å². The topological polar surface area (TPSA) is 29.7 Å². The summed E-state index contributed by atoms with van der Waals surface area (Å²) >= 11 is 0. The van der Waals surface area contributed by atoms with Crippen LogP contribution in [0.25, 0.3) is 0 Å². The van der Waals surface area contributed by atoms with Gasteiger partial charge in [-0.2, -0.15) is 0 Å². The number of Topliss-reactive ketones (excluding diaryl/α,β-unsaturated/α-hetero) is 1. The molecule has 132 valence electrons. The molecule has 1 aliphatic heterocycles. The molecular formula is C21H28N3O+. The van der Waals surface area contributed by atoms with Crippen molar-refractivity contribution < 1.29 is 9.69 Å². The van der Waals surface area contributed by atoms with Gasteiger partial charge in [0.15, 0.2) is 0 Å². The third-order valence-electron chi connectivity index (χ3n) is 5.70. The van der Waals surface area contributed by atoms with Crippen molar-refractivity contribution in [2.45, 2.75) is 32.7 Å². The van der Waals surface area contributed by atoms with Crippen molar-refractivity contribution >= 4 is 11.5 Å². The number of carbonyl (C=O) groups excluding carboxylic acids is 1. The number of carbonyl (C=O) groups is 1. The Balaban J connectivity index is 1.37. The average Bonchev–Trinajstić information content (AvgIpc) is 3.41. The number of hydrogen-bond acceptors (Lipinski definition) is 2. The summed E-state index contributed by atoms with van der Waals surface area (Å²) in [7, 11) is 0. The van der Waals surface area contributed by atoms with Crippen LogP contribution in [0.2, 0.25) is 0 Å². The lowest BCUT2D eigenvalue weighted by molar-refractivity contribution is -0.892. The van der Waals surface area contributed by atoms with E-state index in [4.69, 9.17) is 0 Å². The van der Waals surface area contributed by atoms with E-state index in [-0.39, 0.29) is 0 Å². The van der Waals surface area contributed by atoms with Crippen LogP contribution >= 0.6 is 0 Å². The zero-order chi connectivity index (χ0) is 17.4. The number of para-hydroxylation sites is 1. The van der Waals surface area contributed by atoms with E-state index in [1.807, 2.05) is 0 Å². The molecule has 1 aliphatic carbocycles. The molecule has 2 fully saturated rings. The van der Waals surface area contributed by atoms with E-state index >= 15 is 0 Å². The number of rotatable bonds is 5. The van der Waals surface area contributed by atoms with Crippen molar-refractivity contribution in [1.29, 1.82) is 0 Å². The number of nitrogens with zero attached hydrogens (tertiary/aromatic N) is 2. The molecule has 2 heterocycles. The highest BCUT2D eigenvalue weighted by Crippen LogP contribution is 2.38. The quantitative estimate of drug-likeness (QED) is 0.846. The Labute approximate surface area is 150 Å². The highest BCUT2D eigenvalue weighted by atomic mass is 16.1. The Morgan fingerprint density at radius 1 is 1.12 bits per heavy atom. The highest BCUT2D eigenvalue weighted by Gasteiger charge is 2.30. The predicted octanol–water partition coefficient (Wildman–Crippen LogP) is 2.03. The van der Waals surface area contributed by atoms with Crippen LogP contribution in [0.5, 0.6) is 0 Å². The van der Waals surface area contributed by atoms with Gasteiger partial charge in [0.05, 0.1) is 26.2 Å². The van der Waals surface area contributed by atoms with Gasteiger partial charge in [-0.1, -0.05) is 18.2 Å². The Kier molecular flexibility index (Phi) is 4.38. The number of aromatic nitrogens is 1. The molecule has 0 spiro atoms. The monoisotopic (exact) mass is 338 g/mol. The summed E-state index contributed by atoms with van der Waals surface area (Å²) in [6.45, 7) is 8.97. The summed E-state index contributed by atoms with van der Waals surface area (Å²) in [6, 6.07) is 13.3. The molecule has 0 bridgehead atoms. The number of aryl methyl sites for hydroxylation is 1. The van der Waals surface area contributed by atoms with Gasteiger partial charge in [0, 0.05) is 28.7 Å². The van der Waals surface area contributed by atoms with E-state index in [9.17, 15) is 4.79 Å². The van der Waals surface area contributed by atoms with Gasteiger partial charge in [-0.05, 0) is 44.9 Å². The Bertz CT molecular complexity index is 753. The highest BCUT2D eigenvalue weighted by molar-refractivity contribution is 5.98. The summed E-state index contributed by atoms with van der Waals surface area (Å²) in [6.07, 6.45) is 2.52. The van der Waals surface area contributed by atoms with Gasteiger partial charge in [0.2, 0.25) is 5.78 Å². The minimum atomic E-state index is 0.308. The minimum Gasteiger partial charge on any atom is -0.360 e. The second kappa shape index (κ2) is 6.68. The van der Waals surface area contributed by atoms with Crippen LogP contribution in [0.4, 0.5) is 5.69 Å². The fraction of sp³-hybridized carbons (Fsp3) is 0.476. The molecule has 1 N–H and O–H groups in total. The van der Waals surface area contributed by atoms with E-state index < -0.39 is 0 Å². The fourth-order valence-electron chi connectivity index (χ4n) is 4.17. The lowest BCUT2D eigenvalue weighted by Crippen LogP contribution is -3.15. The zero-order valence-electron chi connectivity index (χ0n) is 15.3. The maximum absolute atomic E-state index is 12.8. The number of benzene rings is 1. The van der Waals surface area contributed by atoms with Gasteiger partial charge in [0.25, 0.3) is 0 Å². The molecule has 1 aromatic carbocycles. The number of quaternary nitrogens is 1. The zero-order valence-corrected chi connectivity index (χ0v) is 15.3. The largest absolute Gasteiger partial charge is 0.360 e. The summed E-state index contributed by atoms with van der Waals surface area (Å²) < 4.78 is 2.37. The van der Waals surface area contributed by atoms with Crippen molar-refractivity contribution in [3.8, 4) is 0 Å². The molecule has 0 radical (unpaired) electrons. The lowest BCUT2D eigenvalue weighted by Gasteiger charge is -2.33. The number of anilines is 1. The number of piperazine rings is 1. The molecule has 1 saturated heterocycles. The Morgan fingerprint density at radius 2 is 1.80 bits per heavy atom. The van der Waals surface area contributed by atoms with Gasteiger partial charge in [-0.3, -0.25) is 4.79 Å². The first-order chi connectivity index (χ1) is 12.1. The van der Waals surface area contributed by atoms with Crippen molar-refractivity contribution in [3.05, 3.63) is 53.3 Å². The normalized spacial score (nSPS) is 18.6. The molecule has 0 amide bonds. The summed E-state index contributed by atoms with van der Waals surface area (Å²) in [4.78, 5) is 16.7. The SMILES string of the molecule is Cc1cc(C(=O)C[NH+]2CCN(c3ccccc3)CC2)c(C)n1C1CC1. The lowest BCUT2D eigenvalue weighted by atomic mass is 10.1. The Morgan fingerprint density at radius 3 is 2.44 bits per heavy atom. The van der Waals surface area contributed by atoms with Gasteiger partial charge in [-0.15, -0.1) is 0 Å². The first kappa shape index (κ1) is 16.4. The Hall–Kier alpha value is -2.07. The van der Waals surface area contributed by atoms with Crippen LogP contribution in [-0.2, 0) is 0 Å². The first-order valence-corrected chi connectivity index (χ1v) is 9.48. The van der Waals surface area contributed by atoms with Crippen LogP contribution in [-0.4, -0.2) is 43.1 Å². The number of ketones is 1. The van der Waals surface area contributed by atoms with Gasteiger partial charge < -0.3 is 14.4 Å². The van der Waals surface area contributed by atoms with Crippen LogP contribution in [0.1, 0.15) is 40.6 Å². The van der Waals surface area contributed by atoms with E-state index in [0.717, 1.165) is 31.7 Å². The molecule has 0 atom stereocenters. The molecule has 4 rings (SSSR count). The second-order valence-electron chi connectivity index (χ2n) is 7.56. The standard InChI is InChI=1S/C21H27N3O/c1-16-14-20(17(2)24(16)19-8-9-19)21(25)15-22-10-12-23(13-11-22)18-6-4-3-5-7-18/h3-7,14,19H,8-13,15H2,1-2H3/p+1. The average molecular weight is 338 g/mol. The maximum atomic E-state index is 12.8. The maximum Gasteiger partial charge on any atom is 0.218 e. The number of hydrogen-bond donors (Lipinski definition) is 1. The van der Waals surface area contributed by atoms with Gasteiger partial charge in [0.1, 0.15) is 6.54 Å². The molecule has 1 aromatic heterocycles. The smallest absolute Gasteiger partial charge is 0.218 e. The molecule has 0 unspecified atom stereocenters. The van der Waals surface area contributed by atoms with Crippen LogP contribution in [0.3, 0.4) is 0 Å². The van der Waals surface area contributed by atoms with E-state index in [1.54, 1.807) is 0 Å². The summed E-state index contributed by atoms with van der Waals surface area (Å²) in [5.74, 6) is 0.308. The summed E-state index contributed by atoms with van der Waals surface area (Å²) in [5, 5.41) is 0. The minimum absolute atomic E-state index is 0.308. The molecule has 1 saturated carbocycles. The molecule has 25 heavy (non-hydrogen) atoms. The van der Waals surface area contributed by atoms with Gasteiger partial charge >= 0.3 is 0 Å². The van der Waals surface area contributed by atoms with Gasteiger partial charge in [-0.25, -0.2) is 0 Å². The second-order valence-corrected chi connectivity index (χ2v) is 7.56. The van der Waals surface area contributed by atoms with Crippen molar-refractivity contribution in [2.75, 3.05) is 37.6 Å². The van der Waals surface area contributed by atoms with Crippen molar-refractivity contribution in [1.82, 2.24) is 4.57 Å². The van der Waals surface area contributed by atoms with E-state index in [1.165, 1.54) is 34.8 Å². The molecule has 4 nitrogen and oxygen atoms in total. The van der Waals surface area contributed by atoms with E-state index in [0.29, 0.717) is 18.4 Å². The first-order valence-electron chi connectivity index (χ1n) is 9.48. The molecule has 2 aliphatic rings. The van der Waals surface area contributed by atoms with Crippen LogP contribution in [0, 0.1) is 13.8 Å². The van der Waals surface area contributed by atoms with E-state index in [2.05, 4.69) is 59.7 Å². The molecule has 4 heteroatoms. The molecule has 2 aromatic rings. The number of nitrogens with one attached hydrogen (secondary N) is 1. The molecular weight excluding hydrogens is 310 g/mol. The van der Waals surface area contributed by atoms with Crippen LogP contribution < -0.4 is 9.80 Å².